The molecule has 0 bridgehead atoms. The largest absolute Gasteiger partial charge is 0.504 e. The molecular formula is C25H22F4O3. The maximum atomic E-state index is 14.7. The van der Waals surface area contributed by atoms with Crippen LogP contribution in [0.15, 0.2) is 42.5 Å². The number of hydrogen-bond donors (Lipinski definition) is 1. The van der Waals surface area contributed by atoms with Crippen molar-refractivity contribution in [2.24, 2.45) is 0 Å². The van der Waals surface area contributed by atoms with Crippen molar-refractivity contribution < 1.29 is 32.2 Å². The highest BCUT2D eigenvalue weighted by Gasteiger charge is 2.22. The van der Waals surface area contributed by atoms with E-state index in [1.165, 1.54) is 30.3 Å². The second-order valence-corrected chi connectivity index (χ2v) is 7.27. The zero-order valence-electron chi connectivity index (χ0n) is 17.6. The Morgan fingerprint density at radius 3 is 2.28 bits per heavy atom. The van der Waals surface area contributed by atoms with Crippen LogP contribution in [0.2, 0.25) is 0 Å². The number of carbonyl (C=O) groups excluding carboxylic acids is 1. The molecule has 3 nitrogen and oxygen atoms in total. The van der Waals surface area contributed by atoms with Gasteiger partial charge in [0.25, 0.3) is 0 Å². The van der Waals surface area contributed by atoms with Gasteiger partial charge in [0.15, 0.2) is 28.9 Å². The summed E-state index contributed by atoms with van der Waals surface area (Å²) in [7, 11) is 0. The quantitative estimate of drug-likeness (QED) is 0.322. The Kier molecular flexibility index (Phi) is 7.18. The standard InChI is InChI=1S/C25H22F4O3/c1-3-5-14-6-8-16(19(26)12-14)17-9-7-15(22(27)23(17)28)13-20(30)18-10-11-21(32-4-2)24(29)25(18)31/h6-12,31H,3-5,13H2,1-2H3. The van der Waals surface area contributed by atoms with Crippen LogP contribution in [0.3, 0.4) is 0 Å². The van der Waals surface area contributed by atoms with E-state index in [2.05, 4.69) is 0 Å². The highest BCUT2D eigenvalue weighted by Crippen LogP contribution is 2.32. The Morgan fingerprint density at radius 1 is 0.906 bits per heavy atom. The molecule has 0 unspecified atom stereocenters. The number of carbonyl (C=O) groups is 1. The molecule has 32 heavy (non-hydrogen) atoms. The van der Waals surface area contributed by atoms with Gasteiger partial charge < -0.3 is 9.84 Å². The van der Waals surface area contributed by atoms with E-state index in [1.54, 1.807) is 13.0 Å². The third-order valence-corrected chi connectivity index (χ3v) is 5.06. The molecule has 0 saturated heterocycles. The zero-order valence-corrected chi connectivity index (χ0v) is 17.6. The lowest BCUT2D eigenvalue weighted by Gasteiger charge is -2.12. The number of aryl methyl sites for hydroxylation is 1. The third kappa shape index (κ3) is 4.61. The number of phenolic OH excluding ortho intramolecular Hbond substituents is 1. The van der Waals surface area contributed by atoms with Crippen molar-refractivity contribution in [2.75, 3.05) is 6.61 Å². The molecule has 0 saturated carbocycles. The van der Waals surface area contributed by atoms with Crippen LogP contribution in [-0.2, 0) is 12.8 Å². The average molecular weight is 446 g/mol. The van der Waals surface area contributed by atoms with Crippen LogP contribution in [0.25, 0.3) is 11.1 Å². The van der Waals surface area contributed by atoms with E-state index < -0.39 is 41.2 Å². The molecule has 0 atom stereocenters. The summed E-state index contributed by atoms with van der Waals surface area (Å²) in [5, 5.41) is 9.98. The third-order valence-electron chi connectivity index (χ3n) is 5.06. The monoisotopic (exact) mass is 446 g/mol. The lowest BCUT2D eigenvalue weighted by Crippen LogP contribution is -2.08. The number of benzene rings is 3. The van der Waals surface area contributed by atoms with Gasteiger partial charge in [0.1, 0.15) is 5.82 Å². The maximum Gasteiger partial charge on any atom is 0.207 e. The Bertz CT molecular complexity index is 1160. The number of phenols is 1. The van der Waals surface area contributed by atoms with E-state index >= 15 is 0 Å². The number of hydrogen-bond acceptors (Lipinski definition) is 3. The molecule has 0 aliphatic carbocycles. The van der Waals surface area contributed by atoms with Crippen molar-refractivity contribution in [3.05, 3.63) is 82.4 Å². The van der Waals surface area contributed by atoms with E-state index in [0.29, 0.717) is 6.42 Å². The molecule has 3 aromatic carbocycles. The molecule has 0 spiro atoms. The zero-order chi connectivity index (χ0) is 23.4. The first-order valence-corrected chi connectivity index (χ1v) is 10.2. The molecule has 0 aliphatic rings. The lowest BCUT2D eigenvalue weighted by molar-refractivity contribution is 0.0988. The fourth-order valence-electron chi connectivity index (χ4n) is 3.46. The highest BCUT2D eigenvalue weighted by molar-refractivity contribution is 6.00. The first-order chi connectivity index (χ1) is 15.3. The fourth-order valence-corrected chi connectivity index (χ4v) is 3.46. The lowest BCUT2D eigenvalue weighted by atomic mass is 9.96. The van der Waals surface area contributed by atoms with Gasteiger partial charge in [-0.2, -0.15) is 4.39 Å². The first kappa shape index (κ1) is 23.3. The molecule has 0 amide bonds. The van der Waals surface area contributed by atoms with Gasteiger partial charge in [-0.3, -0.25) is 4.79 Å². The van der Waals surface area contributed by atoms with Gasteiger partial charge in [-0.05, 0) is 42.7 Å². The van der Waals surface area contributed by atoms with Crippen LogP contribution in [-0.4, -0.2) is 17.5 Å². The summed E-state index contributed by atoms with van der Waals surface area (Å²) in [6.45, 7) is 3.73. The second kappa shape index (κ2) is 9.85. The molecule has 7 heteroatoms. The molecule has 0 fully saturated rings. The predicted molar refractivity (Wildman–Crippen MR) is 113 cm³/mol. The second-order valence-electron chi connectivity index (χ2n) is 7.27. The Hall–Kier alpha value is -3.35. The molecule has 1 N–H and O–H groups in total. The minimum absolute atomic E-state index is 0.0923. The highest BCUT2D eigenvalue weighted by atomic mass is 19.2. The maximum absolute atomic E-state index is 14.7. The van der Waals surface area contributed by atoms with Crippen LogP contribution < -0.4 is 4.74 Å². The fraction of sp³-hybridized carbons (Fsp3) is 0.240. The summed E-state index contributed by atoms with van der Waals surface area (Å²) in [4.78, 5) is 12.5. The molecule has 0 aliphatic heterocycles. The first-order valence-electron chi connectivity index (χ1n) is 10.2. The minimum atomic E-state index is -1.31. The van der Waals surface area contributed by atoms with Gasteiger partial charge in [0, 0.05) is 17.5 Å². The van der Waals surface area contributed by atoms with E-state index in [1.807, 2.05) is 6.92 Å². The molecular weight excluding hydrogens is 424 g/mol. The summed E-state index contributed by atoms with van der Waals surface area (Å²) in [5.41, 5.74) is -0.292. The van der Waals surface area contributed by atoms with Gasteiger partial charge in [-0.25, -0.2) is 13.2 Å². The Morgan fingerprint density at radius 2 is 1.62 bits per heavy atom. The van der Waals surface area contributed by atoms with Gasteiger partial charge in [0.2, 0.25) is 5.82 Å². The normalized spacial score (nSPS) is 10.9. The van der Waals surface area contributed by atoms with Crippen molar-refractivity contribution in [1.29, 1.82) is 0 Å². The molecule has 3 rings (SSSR count). The van der Waals surface area contributed by atoms with Crippen molar-refractivity contribution in [2.45, 2.75) is 33.1 Å². The van der Waals surface area contributed by atoms with Gasteiger partial charge >= 0.3 is 0 Å². The summed E-state index contributed by atoms with van der Waals surface area (Å²) in [5.74, 6) is -6.35. The van der Waals surface area contributed by atoms with Crippen LogP contribution in [0.1, 0.15) is 41.8 Å². The van der Waals surface area contributed by atoms with Gasteiger partial charge in [-0.15, -0.1) is 0 Å². The predicted octanol–water partition coefficient (Wildman–Crippen LogP) is 6.39. The SMILES string of the molecule is CCCc1ccc(-c2ccc(CC(=O)c3ccc(OCC)c(F)c3O)c(F)c2F)c(F)c1. The minimum Gasteiger partial charge on any atom is -0.504 e. The van der Waals surface area contributed by atoms with Crippen molar-refractivity contribution in [3.63, 3.8) is 0 Å². The molecule has 3 aromatic rings. The van der Waals surface area contributed by atoms with Crippen LogP contribution >= 0.6 is 0 Å². The van der Waals surface area contributed by atoms with E-state index in [-0.39, 0.29) is 34.6 Å². The van der Waals surface area contributed by atoms with Gasteiger partial charge in [0.05, 0.1) is 12.2 Å². The number of Topliss-reactive ketones (excluding diaryl/α,β-unsaturated/α-hetero) is 1. The van der Waals surface area contributed by atoms with Crippen LogP contribution in [0.4, 0.5) is 17.6 Å². The summed E-state index contributed by atoms with van der Waals surface area (Å²) in [6.07, 6.45) is 0.855. The van der Waals surface area contributed by atoms with Crippen LogP contribution in [0.5, 0.6) is 11.5 Å². The number of ether oxygens (including phenoxy) is 1. The summed E-state index contributed by atoms with van der Waals surface area (Å²) < 4.78 is 63.0. The van der Waals surface area contributed by atoms with E-state index in [4.69, 9.17) is 4.74 Å². The van der Waals surface area contributed by atoms with E-state index in [0.717, 1.165) is 18.1 Å². The smallest absolute Gasteiger partial charge is 0.207 e. The van der Waals surface area contributed by atoms with E-state index in [9.17, 15) is 27.5 Å². The van der Waals surface area contributed by atoms with Crippen molar-refractivity contribution >= 4 is 5.78 Å². The molecule has 168 valence electrons. The van der Waals surface area contributed by atoms with Crippen molar-refractivity contribution in [1.82, 2.24) is 0 Å². The van der Waals surface area contributed by atoms with Gasteiger partial charge in [-0.1, -0.05) is 37.6 Å². The molecule has 0 radical (unpaired) electrons. The average Bonchev–Trinajstić information content (AvgIpc) is 2.76. The van der Waals surface area contributed by atoms with Crippen LogP contribution in [0, 0.1) is 23.3 Å². The Labute approximate surface area is 183 Å². The number of rotatable bonds is 8. The van der Waals surface area contributed by atoms with Crippen molar-refractivity contribution in [3.8, 4) is 22.6 Å². The number of ketones is 1. The Balaban J connectivity index is 1.89. The topological polar surface area (TPSA) is 46.5 Å². The summed E-state index contributed by atoms with van der Waals surface area (Å²) >= 11 is 0. The summed E-state index contributed by atoms with van der Waals surface area (Å²) in [6, 6.07) is 9.03. The molecule has 0 aromatic heterocycles. The molecule has 0 heterocycles. The number of halogens is 4. The number of aromatic hydroxyl groups is 1.